The van der Waals surface area contributed by atoms with Gasteiger partial charge in [-0.05, 0) is 160 Å². The van der Waals surface area contributed by atoms with E-state index in [1.54, 1.807) is 37.4 Å². The number of anilines is 1. The maximum Gasteiger partial charge on any atom is 0.261 e. The molecule has 388 valence electrons. The number of hydrogen-bond acceptors (Lipinski definition) is 13. The number of phenols is 1. The number of rotatable bonds is 1. The fraction of sp³-hybridized carbons (Fsp3) is 0.533. The molecule has 75 heavy (non-hydrogen) atoms. The summed E-state index contributed by atoms with van der Waals surface area (Å²) in [6.45, 7) is 1.75. The molecule has 5 aromatic rings. The molecule has 12 aliphatic rings. The van der Waals surface area contributed by atoms with E-state index in [0.717, 1.165) is 112 Å². The summed E-state index contributed by atoms with van der Waals surface area (Å²) >= 11 is 0. The monoisotopic (exact) mass is 1010 g/mol. The number of ether oxygens (including phenoxy) is 2. The Morgan fingerprint density at radius 2 is 1.65 bits per heavy atom. The van der Waals surface area contributed by atoms with E-state index in [1.165, 1.54) is 6.07 Å². The molecule has 9 N–H and O–H groups in total. The topological polar surface area (TPSA) is 243 Å². The zero-order valence-electron chi connectivity index (χ0n) is 42.1. The van der Waals surface area contributed by atoms with E-state index in [0.29, 0.717) is 70.6 Å². The van der Waals surface area contributed by atoms with Crippen LogP contribution in [0.5, 0.6) is 11.5 Å². The third-order valence-electron chi connectivity index (χ3n) is 21.9. The highest BCUT2D eigenvalue weighted by atomic mass is 16.7. The number of hydrogen-bond donors (Lipinski definition) is 9. The average Bonchev–Trinajstić information content (AvgIpc) is 4.44. The molecule has 8 bridgehead atoms. The summed E-state index contributed by atoms with van der Waals surface area (Å²) in [5.41, 5.74) is 2.49. The van der Waals surface area contributed by atoms with Crippen LogP contribution in [0.3, 0.4) is 0 Å². The molecule has 0 amide bonds. The fourth-order valence-electron chi connectivity index (χ4n) is 18.9. The number of benzene rings is 2. The lowest BCUT2D eigenvalue weighted by Crippen LogP contribution is -2.78. The summed E-state index contributed by atoms with van der Waals surface area (Å²) in [4.78, 5) is 47.9. The first-order valence-corrected chi connectivity index (χ1v) is 27.9. The lowest BCUT2D eigenvalue weighted by molar-refractivity contribution is -0.366. The molecular formula is C60H63N5O10. The molecular weight excluding hydrogens is 951 g/mol. The van der Waals surface area contributed by atoms with Crippen LogP contribution in [0.4, 0.5) is 5.82 Å². The van der Waals surface area contributed by atoms with E-state index in [2.05, 4.69) is 21.4 Å². The van der Waals surface area contributed by atoms with Gasteiger partial charge in [0.15, 0.2) is 17.5 Å². The Morgan fingerprint density at radius 3 is 2.51 bits per heavy atom. The van der Waals surface area contributed by atoms with Gasteiger partial charge < -0.3 is 55.4 Å². The summed E-state index contributed by atoms with van der Waals surface area (Å²) in [6.07, 6.45) is 11.5. The molecule has 7 heterocycles. The molecule has 5 fully saturated rings. The van der Waals surface area contributed by atoms with E-state index in [4.69, 9.17) is 19.4 Å². The van der Waals surface area contributed by atoms with Crippen LogP contribution >= 0.6 is 0 Å². The van der Waals surface area contributed by atoms with Crippen molar-refractivity contribution in [3.63, 3.8) is 0 Å². The molecule has 4 aliphatic heterocycles. The number of nitrogens with zero attached hydrogens (tertiary/aromatic N) is 2. The van der Waals surface area contributed by atoms with E-state index in [1.807, 2.05) is 6.33 Å². The van der Waals surface area contributed by atoms with Crippen LogP contribution in [0.2, 0.25) is 0 Å². The molecule has 3 aromatic heterocycles. The van der Waals surface area contributed by atoms with Gasteiger partial charge in [0.2, 0.25) is 5.78 Å². The van der Waals surface area contributed by atoms with Crippen LogP contribution in [0.15, 0.2) is 60.1 Å². The SMILES string of the molecule is Cc1cc(O)c2c(c1)C(=O)c1c(c3cc4c(nccc14)NC[C@H](O)[C@@]14CCC[C@H]1c1cc([C@@]56CCCC[C@@H]5CCc5[nH]cnc56)[nH]c1C1=C[C@@]5(O3)O[C@@]3(C1=C4C[C@]1(CCC4(CCCC4)C1)[C@@H]3O)[C@@H](O)[C@H](O)[C@H]5O)C2=O. The molecule has 12 atom stereocenters. The number of aromatic amines is 2. The van der Waals surface area contributed by atoms with Crippen molar-refractivity contribution in [3.8, 4) is 11.5 Å². The summed E-state index contributed by atoms with van der Waals surface area (Å²) in [7, 11) is 0. The second-order valence-electron chi connectivity index (χ2n) is 25.2. The van der Waals surface area contributed by atoms with Gasteiger partial charge >= 0.3 is 0 Å². The smallest absolute Gasteiger partial charge is 0.261 e. The van der Waals surface area contributed by atoms with Crippen molar-refractivity contribution in [2.45, 2.75) is 169 Å². The fourth-order valence-corrected chi connectivity index (χ4v) is 18.9. The standard InChI is InChI=1S/C60H63N5O10/c1-28-19-33-42(38(66)20-28)48(69)44-39-21-31-30(43(44)47(33)68)11-18-61-53(31)62-25-41(67)58-15-6-8-35(58)32-22-40(57-14-3-2-7-29(57)9-10-37-50(57)64-27-63-37)65-46(32)34-23-59(74-39)51(71)49(70)52(72)60(75-59)45(34)36(58)24-56(54(60)73)17-16-55(26-56)12-4-5-13-55/h11,18-23,27,29,35,41,49,51-52,54,65-67,70-73H,2-10,12-17,24-26H2,1H3,(H,61,62)(H,63,64)/t29-,35+,41+,49-,51-,52+,54+,56+,57-,58+,59-,60+/m1/s1. The van der Waals surface area contributed by atoms with Gasteiger partial charge in [-0.2, -0.15) is 0 Å². The number of carbonyl (C=O) groups is 2. The highest BCUT2D eigenvalue weighted by Gasteiger charge is 2.76. The number of phenolic OH excluding ortho intramolecular Hbond substituents is 1. The number of aromatic nitrogens is 4. The first-order valence-electron chi connectivity index (χ1n) is 27.9. The number of aromatic hydroxyl groups is 1. The number of aliphatic hydroxyl groups is 5. The Balaban J connectivity index is 1.03. The summed E-state index contributed by atoms with van der Waals surface area (Å²) in [5.74, 6) is -3.90. The predicted octanol–water partition coefficient (Wildman–Crippen LogP) is 7.37. The molecule has 17 rings (SSSR count). The van der Waals surface area contributed by atoms with Crippen molar-refractivity contribution in [3.05, 3.63) is 116 Å². The molecule has 15 heteroatoms. The molecule has 0 unspecified atom stereocenters. The predicted molar refractivity (Wildman–Crippen MR) is 273 cm³/mol. The number of carbonyl (C=O) groups excluding carboxylic acids is 2. The summed E-state index contributed by atoms with van der Waals surface area (Å²) < 4.78 is 14.8. The first-order chi connectivity index (χ1) is 36.2. The van der Waals surface area contributed by atoms with Gasteiger partial charge in [0, 0.05) is 62.7 Å². The number of pyridine rings is 1. The Labute approximate surface area is 432 Å². The quantitative estimate of drug-likeness (QED) is 0.0783. The highest BCUT2D eigenvalue weighted by Crippen LogP contribution is 2.74. The van der Waals surface area contributed by atoms with Gasteiger partial charge in [-0.1, -0.05) is 37.7 Å². The summed E-state index contributed by atoms with van der Waals surface area (Å²) in [5, 5.41) is 82.5. The number of aliphatic hydroxyl groups excluding tert-OH is 5. The third kappa shape index (κ3) is 5.38. The second kappa shape index (κ2) is 14.9. The molecule has 0 radical (unpaired) electrons. The largest absolute Gasteiger partial charge is 0.507 e. The maximum atomic E-state index is 15.3. The van der Waals surface area contributed by atoms with Crippen molar-refractivity contribution < 1.29 is 49.7 Å². The van der Waals surface area contributed by atoms with Crippen LogP contribution in [-0.4, -0.2) is 111 Å². The third-order valence-corrected chi connectivity index (χ3v) is 21.9. The summed E-state index contributed by atoms with van der Waals surface area (Å²) in [6, 6.07) is 8.58. The minimum Gasteiger partial charge on any atom is -0.507 e. The number of nitrogens with one attached hydrogen (secondary N) is 3. The first kappa shape index (κ1) is 45.5. The molecule has 4 saturated carbocycles. The minimum atomic E-state index is -2.44. The van der Waals surface area contributed by atoms with Crippen LogP contribution in [0.25, 0.3) is 16.3 Å². The Morgan fingerprint density at radius 1 is 0.813 bits per heavy atom. The number of imidazole rings is 1. The van der Waals surface area contributed by atoms with Gasteiger partial charge in [-0.3, -0.25) is 9.59 Å². The van der Waals surface area contributed by atoms with E-state index in [9.17, 15) is 30.6 Å². The van der Waals surface area contributed by atoms with Crippen molar-refractivity contribution in [2.24, 2.45) is 22.2 Å². The van der Waals surface area contributed by atoms with Crippen molar-refractivity contribution in [1.82, 2.24) is 19.9 Å². The Kier molecular flexibility index (Phi) is 9.02. The normalized spacial score (nSPS) is 38.4. The van der Waals surface area contributed by atoms with Crippen molar-refractivity contribution >= 4 is 33.7 Å². The number of fused-ring (bicyclic) bond motifs is 10. The molecule has 15 nitrogen and oxygen atoms in total. The average molecular weight is 1010 g/mol. The van der Waals surface area contributed by atoms with Crippen LogP contribution in [0.1, 0.15) is 174 Å². The number of aryl methyl sites for hydroxylation is 2. The van der Waals surface area contributed by atoms with Gasteiger partial charge in [0.25, 0.3) is 5.79 Å². The van der Waals surface area contributed by atoms with E-state index in [-0.39, 0.29) is 51.6 Å². The molecule has 5 spiro atoms. The lowest BCUT2D eigenvalue weighted by atomic mass is 9.50. The van der Waals surface area contributed by atoms with Crippen LogP contribution in [0, 0.1) is 29.1 Å². The van der Waals surface area contributed by atoms with Gasteiger partial charge in [0.1, 0.15) is 29.5 Å². The second-order valence-corrected chi connectivity index (χ2v) is 25.2. The van der Waals surface area contributed by atoms with E-state index < -0.39 is 69.7 Å². The zero-order chi connectivity index (χ0) is 50.9. The van der Waals surface area contributed by atoms with Crippen LogP contribution in [-0.2, 0) is 16.6 Å². The Hall–Kier alpha value is -5.68. The van der Waals surface area contributed by atoms with Gasteiger partial charge in [-0.25, -0.2) is 9.97 Å². The zero-order valence-corrected chi connectivity index (χ0v) is 42.1. The maximum absolute atomic E-state index is 15.3. The Bertz CT molecular complexity index is 3480. The highest BCUT2D eigenvalue weighted by molar-refractivity contribution is 6.34. The molecule has 1 saturated heterocycles. The molecule has 8 aliphatic carbocycles. The number of ketones is 2. The van der Waals surface area contributed by atoms with Gasteiger partial charge in [-0.15, -0.1) is 0 Å². The van der Waals surface area contributed by atoms with Crippen LogP contribution < -0.4 is 10.1 Å². The molecule has 2 aromatic carbocycles. The number of H-pyrrole nitrogens is 2. The minimum absolute atomic E-state index is 0.00751. The lowest BCUT2D eigenvalue weighted by Gasteiger charge is -2.64. The van der Waals surface area contributed by atoms with E-state index >= 15 is 9.59 Å². The van der Waals surface area contributed by atoms with Crippen molar-refractivity contribution in [1.29, 1.82) is 0 Å². The van der Waals surface area contributed by atoms with Crippen molar-refractivity contribution in [2.75, 3.05) is 11.9 Å². The van der Waals surface area contributed by atoms with Gasteiger partial charge in [0.05, 0.1) is 40.8 Å².